The molecule has 1 atom stereocenters. The summed E-state index contributed by atoms with van der Waals surface area (Å²) in [4.78, 5) is 2.37. The predicted octanol–water partition coefficient (Wildman–Crippen LogP) is 2.78. The second-order valence-corrected chi connectivity index (χ2v) is 4.85. The second kappa shape index (κ2) is 9.44. The van der Waals surface area contributed by atoms with Crippen molar-refractivity contribution in [2.75, 3.05) is 26.2 Å². The Labute approximate surface area is 107 Å². The minimum atomic E-state index is -0.345. The third-order valence-corrected chi connectivity index (χ3v) is 3.36. The molecule has 17 heavy (non-hydrogen) atoms. The monoisotopic (exact) mass is 239 g/mol. The minimum Gasteiger partial charge on any atom is -0.303 e. The van der Waals surface area contributed by atoms with E-state index in [9.17, 15) is 5.26 Å². The molecule has 0 aromatic carbocycles. The molecular weight excluding hydrogens is 210 g/mol. The van der Waals surface area contributed by atoms with Crippen LogP contribution in [0.3, 0.4) is 0 Å². The molecule has 0 radical (unpaired) electrons. The zero-order chi connectivity index (χ0) is 13.1. The quantitative estimate of drug-likeness (QED) is 0.596. The van der Waals surface area contributed by atoms with Gasteiger partial charge in [0.25, 0.3) is 0 Å². The molecule has 0 aliphatic rings. The fraction of sp³-hybridized carbons (Fsp3) is 0.929. The van der Waals surface area contributed by atoms with Crippen molar-refractivity contribution >= 4 is 0 Å². The molecule has 0 heterocycles. The molecule has 0 saturated heterocycles. The molecule has 1 unspecified atom stereocenters. The topological polar surface area (TPSA) is 39.1 Å². The van der Waals surface area contributed by atoms with Crippen LogP contribution in [0.25, 0.3) is 0 Å². The average molecular weight is 239 g/mol. The summed E-state index contributed by atoms with van der Waals surface area (Å²) >= 11 is 0. The summed E-state index contributed by atoms with van der Waals surface area (Å²) < 4.78 is 0. The van der Waals surface area contributed by atoms with Gasteiger partial charge in [-0.3, -0.25) is 5.32 Å². The summed E-state index contributed by atoms with van der Waals surface area (Å²) in [6, 6.07) is 2.42. The Bertz CT molecular complexity index is 218. The second-order valence-electron chi connectivity index (χ2n) is 4.85. The van der Waals surface area contributed by atoms with E-state index in [2.05, 4.69) is 37.1 Å². The van der Waals surface area contributed by atoms with E-state index in [1.165, 1.54) is 12.8 Å². The van der Waals surface area contributed by atoms with E-state index in [0.717, 1.165) is 39.0 Å². The van der Waals surface area contributed by atoms with Crippen molar-refractivity contribution in [1.82, 2.24) is 10.2 Å². The van der Waals surface area contributed by atoms with Gasteiger partial charge in [0.15, 0.2) is 0 Å². The molecule has 0 amide bonds. The molecule has 3 heteroatoms. The first kappa shape index (κ1) is 16.4. The standard InChI is InChI=1S/C14H29N3/c1-5-8-9-10-14(4,13-15)16-11-12-17(6-2)7-3/h16H,5-12H2,1-4H3. The maximum atomic E-state index is 9.24. The largest absolute Gasteiger partial charge is 0.303 e. The van der Waals surface area contributed by atoms with Gasteiger partial charge in [-0.05, 0) is 26.4 Å². The van der Waals surface area contributed by atoms with Crippen molar-refractivity contribution in [2.24, 2.45) is 0 Å². The van der Waals surface area contributed by atoms with Gasteiger partial charge in [0.05, 0.1) is 6.07 Å². The molecule has 0 spiro atoms. The number of nitriles is 1. The van der Waals surface area contributed by atoms with Gasteiger partial charge in [-0.25, -0.2) is 0 Å². The van der Waals surface area contributed by atoms with Gasteiger partial charge in [0.1, 0.15) is 5.54 Å². The van der Waals surface area contributed by atoms with Crippen molar-refractivity contribution in [3.05, 3.63) is 0 Å². The first-order chi connectivity index (χ1) is 8.11. The summed E-state index contributed by atoms with van der Waals surface area (Å²) in [5, 5.41) is 12.6. The number of unbranched alkanes of at least 4 members (excludes halogenated alkanes) is 2. The Hall–Kier alpha value is -0.590. The summed E-state index contributed by atoms with van der Waals surface area (Å²) in [5.74, 6) is 0. The zero-order valence-corrected chi connectivity index (χ0v) is 12.1. The smallest absolute Gasteiger partial charge is 0.103 e. The highest BCUT2D eigenvalue weighted by atomic mass is 15.1. The van der Waals surface area contributed by atoms with Gasteiger partial charge in [-0.15, -0.1) is 0 Å². The molecule has 0 aliphatic heterocycles. The summed E-state index contributed by atoms with van der Waals surface area (Å²) in [6.45, 7) is 12.6. The van der Waals surface area contributed by atoms with Crippen LogP contribution in [-0.2, 0) is 0 Å². The predicted molar refractivity (Wildman–Crippen MR) is 74.0 cm³/mol. The lowest BCUT2D eigenvalue weighted by Crippen LogP contribution is -2.44. The number of rotatable bonds is 10. The number of hydrogen-bond donors (Lipinski definition) is 1. The Kier molecular flexibility index (Phi) is 9.11. The highest BCUT2D eigenvalue weighted by Gasteiger charge is 2.21. The van der Waals surface area contributed by atoms with Gasteiger partial charge >= 0.3 is 0 Å². The van der Waals surface area contributed by atoms with Crippen molar-refractivity contribution in [1.29, 1.82) is 5.26 Å². The molecule has 0 aromatic heterocycles. The zero-order valence-electron chi connectivity index (χ0n) is 12.1. The van der Waals surface area contributed by atoms with Gasteiger partial charge in [0.2, 0.25) is 0 Å². The van der Waals surface area contributed by atoms with Gasteiger partial charge in [-0.1, -0.05) is 40.0 Å². The summed E-state index contributed by atoms with van der Waals surface area (Å²) in [6.07, 6.45) is 4.52. The van der Waals surface area contributed by atoms with E-state index in [1.807, 2.05) is 6.92 Å². The summed E-state index contributed by atoms with van der Waals surface area (Å²) in [7, 11) is 0. The molecule has 0 aromatic rings. The van der Waals surface area contributed by atoms with Crippen LogP contribution in [0.5, 0.6) is 0 Å². The Morgan fingerprint density at radius 1 is 1.18 bits per heavy atom. The van der Waals surface area contributed by atoms with Crippen LogP contribution in [0.15, 0.2) is 0 Å². The fourth-order valence-corrected chi connectivity index (χ4v) is 1.94. The lowest BCUT2D eigenvalue weighted by atomic mass is 9.96. The van der Waals surface area contributed by atoms with Gasteiger partial charge in [0, 0.05) is 13.1 Å². The minimum absolute atomic E-state index is 0.345. The normalized spacial score (nSPS) is 14.6. The Balaban J connectivity index is 3.91. The lowest BCUT2D eigenvalue weighted by molar-refractivity contribution is 0.284. The molecule has 100 valence electrons. The molecule has 0 saturated carbocycles. The van der Waals surface area contributed by atoms with Crippen molar-refractivity contribution < 1.29 is 0 Å². The van der Waals surface area contributed by atoms with E-state index < -0.39 is 0 Å². The van der Waals surface area contributed by atoms with Crippen LogP contribution in [0.4, 0.5) is 0 Å². The number of nitrogens with one attached hydrogen (secondary N) is 1. The molecule has 0 rings (SSSR count). The Morgan fingerprint density at radius 3 is 2.29 bits per heavy atom. The first-order valence-electron chi connectivity index (χ1n) is 7.00. The molecule has 0 bridgehead atoms. The van der Waals surface area contributed by atoms with E-state index in [-0.39, 0.29) is 5.54 Å². The maximum absolute atomic E-state index is 9.24. The van der Waals surface area contributed by atoms with Crippen molar-refractivity contribution in [2.45, 2.75) is 58.9 Å². The van der Waals surface area contributed by atoms with Crippen molar-refractivity contribution in [3.63, 3.8) is 0 Å². The molecular formula is C14H29N3. The molecule has 0 aliphatic carbocycles. The van der Waals surface area contributed by atoms with Crippen LogP contribution < -0.4 is 5.32 Å². The van der Waals surface area contributed by atoms with Crippen molar-refractivity contribution in [3.8, 4) is 6.07 Å². The number of nitrogens with zero attached hydrogens (tertiary/aromatic N) is 2. The van der Waals surface area contributed by atoms with Crippen LogP contribution >= 0.6 is 0 Å². The van der Waals surface area contributed by atoms with Crippen LogP contribution in [-0.4, -0.2) is 36.6 Å². The summed E-state index contributed by atoms with van der Waals surface area (Å²) in [5.41, 5.74) is -0.345. The van der Waals surface area contributed by atoms with Crippen LogP contribution in [0, 0.1) is 11.3 Å². The molecule has 3 nitrogen and oxygen atoms in total. The van der Waals surface area contributed by atoms with Crippen LogP contribution in [0.1, 0.15) is 53.4 Å². The Morgan fingerprint density at radius 2 is 1.82 bits per heavy atom. The molecule has 0 fully saturated rings. The highest BCUT2D eigenvalue weighted by Crippen LogP contribution is 2.13. The third kappa shape index (κ3) is 7.36. The highest BCUT2D eigenvalue weighted by molar-refractivity contribution is 5.03. The van der Waals surface area contributed by atoms with Gasteiger partial charge < -0.3 is 4.90 Å². The lowest BCUT2D eigenvalue weighted by Gasteiger charge is -2.25. The van der Waals surface area contributed by atoms with E-state index in [1.54, 1.807) is 0 Å². The number of hydrogen-bond acceptors (Lipinski definition) is 3. The number of likely N-dealkylation sites (N-methyl/N-ethyl adjacent to an activating group) is 1. The third-order valence-electron chi connectivity index (χ3n) is 3.36. The van der Waals surface area contributed by atoms with E-state index >= 15 is 0 Å². The fourth-order valence-electron chi connectivity index (χ4n) is 1.94. The van der Waals surface area contributed by atoms with E-state index in [0.29, 0.717) is 0 Å². The van der Waals surface area contributed by atoms with Crippen LogP contribution in [0.2, 0.25) is 0 Å². The molecule has 1 N–H and O–H groups in total. The first-order valence-corrected chi connectivity index (χ1v) is 7.00. The average Bonchev–Trinajstić information content (AvgIpc) is 2.35. The van der Waals surface area contributed by atoms with Gasteiger partial charge in [-0.2, -0.15) is 5.26 Å². The SMILES string of the molecule is CCCCCC(C)(C#N)NCCN(CC)CC. The maximum Gasteiger partial charge on any atom is 0.103 e. The van der Waals surface area contributed by atoms with E-state index in [4.69, 9.17) is 0 Å².